The highest BCUT2D eigenvalue weighted by Crippen LogP contribution is 2.23. The molecule has 82 valence electrons. The summed E-state index contributed by atoms with van der Waals surface area (Å²) in [5.74, 6) is 0.643. The van der Waals surface area contributed by atoms with Crippen molar-refractivity contribution in [2.45, 2.75) is 0 Å². The summed E-state index contributed by atoms with van der Waals surface area (Å²) in [7, 11) is 0. The third-order valence-corrected chi connectivity index (χ3v) is 2.66. The maximum Gasteiger partial charge on any atom is 0.262 e. The van der Waals surface area contributed by atoms with Gasteiger partial charge >= 0.3 is 0 Å². The fourth-order valence-electron chi connectivity index (χ4n) is 1.29. The second kappa shape index (κ2) is 3.80. The molecule has 17 heavy (non-hydrogen) atoms. The zero-order valence-electron chi connectivity index (χ0n) is 8.28. The van der Waals surface area contributed by atoms with Crippen molar-refractivity contribution < 1.29 is 4.52 Å². The van der Waals surface area contributed by atoms with E-state index < -0.39 is 0 Å². The number of rotatable bonds is 2. The Labute approximate surface area is 98.7 Å². The first-order valence-corrected chi connectivity index (χ1v) is 5.49. The molecule has 0 fully saturated rings. The van der Waals surface area contributed by atoms with Gasteiger partial charge in [0.25, 0.3) is 5.89 Å². The van der Waals surface area contributed by atoms with E-state index in [4.69, 9.17) is 9.78 Å². The standard InChI is InChI=1S/C9H4N6OS/c10-1-6-5(2-12-14-6)9-13-8(15-16-9)7-3-17-4-11-7/h2-4H,(H,12,14). The molecule has 3 heterocycles. The van der Waals surface area contributed by atoms with Gasteiger partial charge in [-0.2, -0.15) is 15.3 Å². The molecule has 0 aromatic carbocycles. The first kappa shape index (κ1) is 9.68. The molecule has 0 aliphatic carbocycles. The van der Waals surface area contributed by atoms with E-state index in [-0.39, 0.29) is 5.89 Å². The lowest BCUT2D eigenvalue weighted by atomic mass is 10.2. The topological polar surface area (TPSA) is 104 Å². The third-order valence-electron chi connectivity index (χ3n) is 2.07. The summed E-state index contributed by atoms with van der Waals surface area (Å²) >= 11 is 1.45. The highest BCUT2D eigenvalue weighted by Gasteiger charge is 2.16. The van der Waals surface area contributed by atoms with Crippen LogP contribution >= 0.6 is 11.3 Å². The largest absolute Gasteiger partial charge is 0.333 e. The summed E-state index contributed by atoms with van der Waals surface area (Å²) in [6.07, 6.45) is 1.47. The average Bonchev–Trinajstić information content (AvgIpc) is 3.09. The average molecular weight is 244 g/mol. The number of H-pyrrole nitrogens is 1. The zero-order valence-corrected chi connectivity index (χ0v) is 9.10. The Bertz CT molecular complexity index is 676. The number of nitriles is 1. The SMILES string of the molecule is N#Cc1[nH]ncc1-c1nc(-c2cscn2)no1. The highest BCUT2D eigenvalue weighted by atomic mass is 32.1. The summed E-state index contributed by atoms with van der Waals surface area (Å²) in [6.45, 7) is 0. The minimum atomic E-state index is 0.248. The van der Waals surface area contributed by atoms with Gasteiger partial charge in [0.05, 0.1) is 17.3 Å². The monoisotopic (exact) mass is 244 g/mol. The quantitative estimate of drug-likeness (QED) is 0.731. The van der Waals surface area contributed by atoms with Crippen LogP contribution in [0.4, 0.5) is 0 Å². The molecule has 0 bridgehead atoms. The lowest BCUT2D eigenvalue weighted by Crippen LogP contribution is -1.82. The smallest absolute Gasteiger partial charge is 0.262 e. The summed E-state index contributed by atoms with van der Waals surface area (Å²) in [5.41, 5.74) is 3.11. The maximum absolute atomic E-state index is 8.84. The predicted molar refractivity (Wildman–Crippen MR) is 57.7 cm³/mol. The second-order valence-corrected chi connectivity index (χ2v) is 3.79. The minimum absolute atomic E-state index is 0.248. The van der Waals surface area contributed by atoms with E-state index >= 15 is 0 Å². The molecule has 7 nitrogen and oxygen atoms in total. The Morgan fingerprint density at radius 2 is 2.41 bits per heavy atom. The molecule has 0 unspecified atom stereocenters. The van der Waals surface area contributed by atoms with Crippen molar-refractivity contribution in [1.82, 2.24) is 25.3 Å². The van der Waals surface area contributed by atoms with Gasteiger partial charge in [-0.1, -0.05) is 5.16 Å². The zero-order chi connectivity index (χ0) is 11.7. The Morgan fingerprint density at radius 3 is 3.18 bits per heavy atom. The molecular formula is C9H4N6OS. The molecule has 3 rings (SSSR count). The van der Waals surface area contributed by atoms with Crippen LogP contribution in [0.15, 0.2) is 21.6 Å². The number of thiazole rings is 1. The Kier molecular flexibility index (Phi) is 2.16. The number of aromatic amines is 1. The summed E-state index contributed by atoms with van der Waals surface area (Å²) in [6, 6.07) is 1.96. The molecule has 8 heteroatoms. The van der Waals surface area contributed by atoms with Crippen molar-refractivity contribution in [1.29, 1.82) is 5.26 Å². The summed E-state index contributed by atoms with van der Waals surface area (Å²) < 4.78 is 5.07. The number of hydrogen-bond acceptors (Lipinski definition) is 7. The van der Waals surface area contributed by atoms with Crippen LogP contribution in [0, 0.1) is 11.3 Å². The van der Waals surface area contributed by atoms with E-state index in [1.54, 1.807) is 5.51 Å². The van der Waals surface area contributed by atoms with Crippen LogP contribution in [0.1, 0.15) is 5.69 Å². The molecule has 0 saturated heterocycles. The fraction of sp³-hybridized carbons (Fsp3) is 0. The van der Waals surface area contributed by atoms with Gasteiger partial charge in [0.2, 0.25) is 5.82 Å². The second-order valence-electron chi connectivity index (χ2n) is 3.07. The maximum atomic E-state index is 8.84. The van der Waals surface area contributed by atoms with Crippen LogP contribution in [0.2, 0.25) is 0 Å². The molecular weight excluding hydrogens is 240 g/mol. The summed E-state index contributed by atoms with van der Waals surface area (Å²) in [4.78, 5) is 8.23. The molecule has 0 saturated carbocycles. The number of aromatic nitrogens is 5. The normalized spacial score (nSPS) is 10.3. The van der Waals surface area contributed by atoms with Crippen molar-refractivity contribution in [2.75, 3.05) is 0 Å². The molecule has 0 aliphatic heterocycles. The van der Waals surface area contributed by atoms with Crippen molar-refractivity contribution in [3.8, 4) is 29.0 Å². The molecule has 0 atom stereocenters. The highest BCUT2D eigenvalue weighted by molar-refractivity contribution is 7.07. The van der Waals surface area contributed by atoms with E-state index in [9.17, 15) is 0 Å². The van der Waals surface area contributed by atoms with Crippen LogP contribution in [-0.2, 0) is 0 Å². The van der Waals surface area contributed by atoms with E-state index in [0.717, 1.165) is 0 Å². The Balaban J connectivity index is 2.04. The minimum Gasteiger partial charge on any atom is -0.333 e. The van der Waals surface area contributed by atoms with E-state index in [0.29, 0.717) is 22.8 Å². The van der Waals surface area contributed by atoms with Gasteiger partial charge in [-0.25, -0.2) is 4.98 Å². The number of hydrogen-bond donors (Lipinski definition) is 1. The molecule has 3 aromatic heterocycles. The van der Waals surface area contributed by atoms with Crippen LogP contribution in [0.3, 0.4) is 0 Å². The molecule has 3 aromatic rings. The van der Waals surface area contributed by atoms with Gasteiger partial charge < -0.3 is 4.52 Å². The number of nitrogens with one attached hydrogen (secondary N) is 1. The molecule has 1 N–H and O–H groups in total. The van der Waals surface area contributed by atoms with Crippen LogP contribution < -0.4 is 0 Å². The van der Waals surface area contributed by atoms with Gasteiger partial charge in [0.15, 0.2) is 0 Å². The molecule has 0 radical (unpaired) electrons. The number of nitrogens with zero attached hydrogens (tertiary/aromatic N) is 5. The van der Waals surface area contributed by atoms with E-state index in [1.807, 2.05) is 11.4 Å². The predicted octanol–water partition coefficient (Wildman–Crippen LogP) is 1.45. The van der Waals surface area contributed by atoms with Crippen molar-refractivity contribution in [3.63, 3.8) is 0 Å². The van der Waals surface area contributed by atoms with E-state index in [1.165, 1.54) is 17.5 Å². The fourth-order valence-corrected chi connectivity index (χ4v) is 1.82. The van der Waals surface area contributed by atoms with Gasteiger partial charge in [-0.15, -0.1) is 11.3 Å². The molecule has 0 aliphatic rings. The summed E-state index contributed by atoms with van der Waals surface area (Å²) in [5, 5.41) is 20.7. The first-order valence-electron chi connectivity index (χ1n) is 4.54. The van der Waals surface area contributed by atoms with Gasteiger partial charge in [-0.3, -0.25) is 5.10 Å². The lowest BCUT2D eigenvalue weighted by molar-refractivity contribution is 0.432. The Hall–Kier alpha value is -2.53. The van der Waals surface area contributed by atoms with Gasteiger partial charge in [-0.05, 0) is 0 Å². The van der Waals surface area contributed by atoms with Gasteiger partial charge in [0, 0.05) is 5.38 Å². The van der Waals surface area contributed by atoms with Crippen LogP contribution in [0.25, 0.3) is 23.0 Å². The van der Waals surface area contributed by atoms with Crippen LogP contribution in [0.5, 0.6) is 0 Å². The van der Waals surface area contributed by atoms with Crippen LogP contribution in [-0.4, -0.2) is 25.3 Å². The van der Waals surface area contributed by atoms with E-state index in [2.05, 4.69) is 25.3 Å². The first-order chi connectivity index (χ1) is 8.38. The van der Waals surface area contributed by atoms with Gasteiger partial charge in [0.1, 0.15) is 17.5 Å². The van der Waals surface area contributed by atoms with Crippen molar-refractivity contribution >= 4 is 11.3 Å². The van der Waals surface area contributed by atoms with Crippen molar-refractivity contribution in [2.24, 2.45) is 0 Å². The molecule has 0 spiro atoms. The molecule has 0 amide bonds. The van der Waals surface area contributed by atoms with Crippen molar-refractivity contribution in [3.05, 3.63) is 22.8 Å². The Morgan fingerprint density at radius 1 is 1.47 bits per heavy atom. The lowest BCUT2D eigenvalue weighted by Gasteiger charge is -1.85. The third kappa shape index (κ3) is 1.58.